The molecule has 0 aliphatic carbocycles. The van der Waals surface area contributed by atoms with Gasteiger partial charge >= 0.3 is 0 Å². The molecule has 0 aliphatic rings. The normalized spacial score (nSPS) is 11.0. The molecule has 0 radical (unpaired) electrons. The minimum absolute atomic E-state index is 0.255. The number of para-hydroxylation sites is 1. The Labute approximate surface area is 122 Å². The maximum atomic E-state index is 10.1. The van der Waals surface area contributed by atoms with Crippen molar-refractivity contribution in [1.82, 2.24) is 10.2 Å². The molecule has 0 bridgehead atoms. The van der Waals surface area contributed by atoms with Crippen LogP contribution in [0, 0.1) is 0 Å². The lowest BCUT2D eigenvalue weighted by atomic mass is 10.2. The summed E-state index contributed by atoms with van der Waals surface area (Å²) in [6.07, 6.45) is 1.12. The lowest BCUT2D eigenvalue weighted by molar-refractivity contribution is 0.297. The van der Waals surface area contributed by atoms with Gasteiger partial charge in [-0.1, -0.05) is 26.0 Å². The van der Waals surface area contributed by atoms with Crippen LogP contribution in [0.5, 0.6) is 11.5 Å². The zero-order chi connectivity index (χ0) is 14.8. The second kappa shape index (κ2) is 9.61. The first-order valence-corrected chi connectivity index (χ1v) is 7.59. The molecular formula is C16H28N2O2. The Kier molecular flexibility index (Phi) is 8.07. The predicted octanol–water partition coefficient (Wildman–Crippen LogP) is 2.61. The van der Waals surface area contributed by atoms with E-state index in [1.165, 1.54) is 0 Å². The largest absolute Gasteiger partial charge is 0.504 e. The molecule has 0 fully saturated rings. The van der Waals surface area contributed by atoms with Crippen LogP contribution in [0.15, 0.2) is 18.2 Å². The molecule has 0 saturated carbocycles. The van der Waals surface area contributed by atoms with Gasteiger partial charge in [0, 0.05) is 12.1 Å². The number of phenols is 1. The maximum Gasteiger partial charge on any atom is 0.162 e. The van der Waals surface area contributed by atoms with Crippen LogP contribution < -0.4 is 10.1 Å². The molecule has 0 amide bonds. The van der Waals surface area contributed by atoms with Gasteiger partial charge in [-0.15, -0.1) is 0 Å². The van der Waals surface area contributed by atoms with E-state index in [2.05, 4.69) is 24.1 Å². The molecule has 1 rings (SSSR count). The van der Waals surface area contributed by atoms with Gasteiger partial charge in [0.2, 0.25) is 0 Å². The first-order chi connectivity index (χ1) is 9.72. The summed E-state index contributed by atoms with van der Waals surface area (Å²) in [4.78, 5) is 2.41. The average molecular weight is 280 g/mol. The number of hydrogen-bond acceptors (Lipinski definition) is 4. The van der Waals surface area contributed by atoms with E-state index in [9.17, 15) is 5.11 Å². The Morgan fingerprint density at radius 3 is 2.60 bits per heavy atom. The predicted molar refractivity (Wildman–Crippen MR) is 83.4 cm³/mol. The summed E-state index contributed by atoms with van der Waals surface area (Å²) < 4.78 is 5.38. The topological polar surface area (TPSA) is 44.7 Å². The van der Waals surface area contributed by atoms with E-state index < -0.39 is 0 Å². The van der Waals surface area contributed by atoms with Crippen molar-refractivity contribution < 1.29 is 9.84 Å². The SMILES string of the molecule is CCOc1cccc(CNCCCN(CC)CC)c1O. The second-order valence-corrected chi connectivity index (χ2v) is 4.75. The first-order valence-electron chi connectivity index (χ1n) is 7.59. The zero-order valence-electron chi connectivity index (χ0n) is 13.0. The van der Waals surface area contributed by atoms with Crippen LogP contribution in [0.2, 0.25) is 0 Å². The van der Waals surface area contributed by atoms with Crippen molar-refractivity contribution in [2.75, 3.05) is 32.8 Å². The molecule has 4 heteroatoms. The maximum absolute atomic E-state index is 10.1. The van der Waals surface area contributed by atoms with Gasteiger partial charge in [0.25, 0.3) is 0 Å². The van der Waals surface area contributed by atoms with Gasteiger partial charge in [-0.25, -0.2) is 0 Å². The number of nitrogens with one attached hydrogen (secondary N) is 1. The molecule has 1 aromatic carbocycles. The number of aromatic hydroxyl groups is 1. The molecule has 114 valence electrons. The number of hydrogen-bond donors (Lipinski definition) is 2. The molecule has 0 saturated heterocycles. The summed E-state index contributed by atoms with van der Waals surface area (Å²) in [6, 6.07) is 5.63. The first kappa shape index (κ1) is 16.8. The molecule has 1 aromatic rings. The summed E-state index contributed by atoms with van der Waals surface area (Å²) in [5, 5.41) is 13.4. The van der Waals surface area contributed by atoms with Crippen LogP contribution in [0.3, 0.4) is 0 Å². The van der Waals surface area contributed by atoms with Crippen molar-refractivity contribution in [2.45, 2.75) is 33.7 Å². The highest BCUT2D eigenvalue weighted by atomic mass is 16.5. The van der Waals surface area contributed by atoms with E-state index in [0.717, 1.165) is 38.2 Å². The van der Waals surface area contributed by atoms with Crippen LogP contribution in [-0.2, 0) is 6.54 Å². The van der Waals surface area contributed by atoms with Crippen molar-refractivity contribution in [2.24, 2.45) is 0 Å². The monoisotopic (exact) mass is 280 g/mol. The fourth-order valence-electron chi connectivity index (χ4n) is 2.17. The lowest BCUT2D eigenvalue weighted by Crippen LogP contribution is -2.27. The molecule has 0 unspecified atom stereocenters. The van der Waals surface area contributed by atoms with E-state index in [4.69, 9.17) is 4.74 Å². The van der Waals surface area contributed by atoms with Crippen LogP contribution >= 0.6 is 0 Å². The van der Waals surface area contributed by atoms with Crippen LogP contribution in [0.1, 0.15) is 32.8 Å². The Bertz CT molecular complexity index is 379. The summed E-state index contributed by atoms with van der Waals surface area (Å²) in [6.45, 7) is 11.8. The van der Waals surface area contributed by atoms with Gasteiger partial charge in [-0.3, -0.25) is 0 Å². The quantitative estimate of drug-likeness (QED) is 0.647. The van der Waals surface area contributed by atoms with Crippen molar-refractivity contribution in [3.63, 3.8) is 0 Å². The summed E-state index contributed by atoms with van der Waals surface area (Å²) in [5.74, 6) is 0.820. The number of nitrogens with zero attached hydrogens (tertiary/aromatic N) is 1. The Balaban J connectivity index is 2.33. The van der Waals surface area contributed by atoms with Crippen LogP contribution in [-0.4, -0.2) is 42.8 Å². The van der Waals surface area contributed by atoms with E-state index >= 15 is 0 Å². The third kappa shape index (κ3) is 5.39. The van der Waals surface area contributed by atoms with Crippen molar-refractivity contribution in [1.29, 1.82) is 0 Å². The molecule has 0 heterocycles. The molecule has 0 aromatic heterocycles. The number of benzene rings is 1. The Morgan fingerprint density at radius 2 is 1.95 bits per heavy atom. The summed E-state index contributed by atoms with van der Waals surface area (Å²) >= 11 is 0. The smallest absolute Gasteiger partial charge is 0.162 e. The van der Waals surface area contributed by atoms with Gasteiger partial charge in [0.1, 0.15) is 0 Å². The Morgan fingerprint density at radius 1 is 1.20 bits per heavy atom. The zero-order valence-corrected chi connectivity index (χ0v) is 13.0. The van der Waals surface area contributed by atoms with Crippen LogP contribution in [0.4, 0.5) is 0 Å². The number of rotatable bonds is 10. The summed E-state index contributed by atoms with van der Waals surface area (Å²) in [5.41, 5.74) is 0.888. The van der Waals surface area contributed by atoms with Crippen molar-refractivity contribution in [3.8, 4) is 11.5 Å². The lowest BCUT2D eigenvalue weighted by Gasteiger charge is -2.17. The van der Waals surface area contributed by atoms with E-state index in [0.29, 0.717) is 18.9 Å². The number of phenolic OH excluding ortho intramolecular Hbond substituents is 1. The summed E-state index contributed by atoms with van der Waals surface area (Å²) in [7, 11) is 0. The molecule has 4 nitrogen and oxygen atoms in total. The number of ether oxygens (including phenoxy) is 1. The minimum Gasteiger partial charge on any atom is -0.504 e. The average Bonchev–Trinajstić information content (AvgIpc) is 2.46. The van der Waals surface area contributed by atoms with Crippen molar-refractivity contribution in [3.05, 3.63) is 23.8 Å². The van der Waals surface area contributed by atoms with Crippen LogP contribution in [0.25, 0.3) is 0 Å². The van der Waals surface area contributed by atoms with Gasteiger partial charge in [-0.05, 0) is 45.6 Å². The van der Waals surface area contributed by atoms with E-state index in [1.807, 2.05) is 19.1 Å². The highest BCUT2D eigenvalue weighted by Gasteiger charge is 2.07. The van der Waals surface area contributed by atoms with Crippen molar-refractivity contribution >= 4 is 0 Å². The fraction of sp³-hybridized carbons (Fsp3) is 0.625. The third-order valence-electron chi connectivity index (χ3n) is 3.42. The molecule has 0 aliphatic heterocycles. The fourth-order valence-corrected chi connectivity index (χ4v) is 2.17. The molecule has 2 N–H and O–H groups in total. The molecule has 0 atom stereocenters. The van der Waals surface area contributed by atoms with Gasteiger partial charge in [0.05, 0.1) is 6.61 Å². The molecule has 20 heavy (non-hydrogen) atoms. The third-order valence-corrected chi connectivity index (χ3v) is 3.42. The molecule has 0 spiro atoms. The Hall–Kier alpha value is -1.26. The second-order valence-electron chi connectivity index (χ2n) is 4.75. The van der Waals surface area contributed by atoms with Gasteiger partial charge in [-0.2, -0.15) is 0 Å². The highest BCUT2D eigenvalue weighted by molar-refractivity contribution is 5.45. The van der Waals surface area contributed by atoms with E-state index in [-0.39, 0.29) is 5.75 Å². The highest BCUT2D eigenvalue weighted by Crippen LogP contribution is 2.29. The van der Waals surface area contributed by atoms with Gasteiger partial charge < -0.3 is 20.1 Å². The molecular weight excluding hydrogens is 252 g/mol. The van der Waals surface area contributed by atoms with Gasteiger partial charge in [0.15, 0.2) is 11.5 Å². The van der Waals surface area contributed by atoms with E-state index in [1.54, 1.807) is 6.07 Å². The minimum atomic E-state index is 0.255. The standard InChI is InChI=1S/C16H28N2O2/c1-4-18(5-2)12-8-11-17-13-14-9-7-10-15(16(14)19)20-6-3/h7,9-10,17,19H,4-6,8,11-13H2,1-3H3.